The molecule has 0 aromatic heterocycles. The van der Waals surface area contributed by atoms with E-state index in [0.29, 0.717) is 0 Å². The van der Waals surface area contributed by atoms with Crippen LogP contribution in [0.4, 0.5) is 0 Å². The van der Waals surface area contributed by atoms with E-state index in [4.69, 9.17) is 11.6 Å². The Bertz CT molecular complexity index is 13.5. The summed E-state index contributed by atoms with van der Waals surface area (Å²) in [4.78, 5) is 0. The average Bonchev–Trinajstić information content (AvgIpc) is 0.918. The molecule has 0 aliphatic rings. The fourth-order valence-electron chi connectivity index (χ4n) is 0. The first-order valence-corrected chi connectivity index (χ1v) is 1.06. The van der Waals surface area contributed by atoms with Crippen molar-refractivity contribution in [2.75, 3.05) is 0 Å². The summed E-state index contributed by atoms with van der Waals surface area (Å²) in [5.41, 5.74) is 1.22. The van der Waals surface area contributed by atoms with Crippen LogP contribution in [-0.2, 0) is 0 Å². The molecular formula is C2H4ClNa. The van der Waals surface area contributed by atoms with Crippen molar-refractivity contribution in [1.29, 1.82) is 0 Å². The molecular weight excluding hydrogens is 82.5 g/mol. The molecule has 0 aromatic carbocycles. The van der Waals surface area contributed by atoms with Gasteiger partial charge in [-0.05, 0) is 5.54 Å². The third-order valence-corrected chi connectivity index (χ3v) is 0. The molecule has 0 unspecified atom stereocenters. The summed E-state index contributed by atoms with van der Waals surface area (Å²) in [6.07, 6.45) is 0. The van der Waals surface area contributed by atoms with Crippen LogP contribution in [0.15, 0.2) is 12.1 Å². The molecule has 0 spiro atoms. The molecule has 0 saturated carbocycles. The van der Waals surface area contributed by atoms with Crippen LogP contribution in [-0.4, -0.2) is 29.6 Å². The van der Waals surface area contributed by atoms with E-state index in [1.54, 1.807) is 0 Å². The molecule has 0 radical (unpaired) electrons. The van der Waals surface area contributed by atoms with Crippen LogP contribution in [0.1, 0.15) is 0 Å². The second-order valence-corrected chi connectivity index (χ2v) is 0.463. The Labute approximate surface area is 53.1 Å². The third-order valence-electron chi connectivity index (χ3n) is 0. The van der Waals surface area contributed by atoms with Gasteiger partial charge in [0.15, 0.2) is 0 Å². The van der Waals surface area contributed by atoms with Crippen LogP contribution >= 0.6 is 11.6 Å². The molecule has 0 atom stereocenters. The van der Waals surface area contributed by atoms with Gasteiger partial charge < -0.3 is 0 Å². The van der Waals surface area contributed by atoms with E-state index < -0.39 is 0 Å². The van der Waals surface area contributed by atoms with Crippen LogP contribution in [0.25, 0.3) is 0 Å². The van der Waals surface area contributed by atoms with Crippen LogP contribution in [0.3, 0.4) is 0 Å². The van der Waals surface area contributed by atoms with E-state index in [-0.39, 0.29) is 29.6 Å². The first kappa shape index (κ1) is 8.90. The minimum atomic E-state index is 0. The molecule has 2 heteroatoms. The van der Waals surface area contributed by atoms with Gasteiger partial charge in [0, 0.05) is 0 Å². The summed E-state index contributed by atoms with van der Waals surface area (Å²) < 4.78 is 0. The van der Waals surface area contributed by atoms with Crippen molar-refractivity contribution in [3.05, 3.63) is 12.1 Å². The monoisotopic (exact) mass is 86.0 g/mol. The molecule has 0 aliphatic carbocycles. The molecule has 4 heavy (non-hydrogen) atoms. The first-order valence-electron chi connectivity index (χ1n) is 0.626. The minimum absolute atomic E-state index is 0. The summed E-state index contributed by atoms with van der Waals surface area (Å²) in [7, 11) is 0. The van der Waals surface area contributed by atoms with Crippen molar-refractivity contribution >= 4 is 41.2 Å². The predicted molar refractivity (Wildman–Crippen MR) is 23.2 cm³/mol. The van der Waals surface area contributed by atoms with Crippen LogP contribution < -0.4 is 0 Å². The Balaban J connectivity index is 0. The van der Waals surface area contributed by atoms with Gasteiger partial charge >= 0.3 is 29.6 Å². The maximum absolute atomic E-state index is 4.76. The Hall–Kier alpha value is 1.03. The van der Waals surface area contributed by atoms with Gasteiger partial charge in [-0.2, -0.15) is 0 Å². The van der Waals surface area contributed by atoms with Crippen LogP contribution in [0, 0.1) is 0 Å². The maximum atomic E-state index is 4.76. The zero-order chi connectivity index (χ0) is 2.71. The quantitative estimate of drug-likeness (QED) is 0.381. The Morgan fingerprint density at radius 1 is 1.75 bits per heavy atom. The van der Waals surface area contributed by atoms with Gasteiger partial charge in [0.1, 0.15) is 0 Å². The number of halogens is 1. The van der Waals surface area contributed by atoms with Gasteiger partial charge in [0.2, 0.25) is 0 Å². The zero-order valence-corrected chi connectivity index (χ0v) is 2.42. The Morgan fingerprint density at radius 2 is 1.75 bits per heavy atom. The molecule has 0 aliphatic heterocycles. The molecule has 0 rings (SSSR count). The van der Waals surface area contributed by atoms with Gasteiger partial charge in [0.05, 0.1) is 0 Å². The normalized spacial score (nSPS) is 3.25. The van der Waals surface area contributed by atoms with Crippen molar-refractivity contribution in [2.45, 2.75) is 0 Å². The molecule has 0 aromatic rings. The molecule has 0 fully saturated rings. The SMILES string of the molecule is C=CCl.[NaH]. The van der Waals surface area contributed by atoms with E-state index in [1.165, 1.54) is 5.54 Å². The predicted octanol–water partition coefficient (Wildman–Crippen LogP) is 0.720. The summed E-state index contributed by atoms with van der Waals surface area (Å²) in [5, 5.41) is 0. The molecule has 0 saturated heterocycles. The summed E-state index contributed by atoms with van der Waals surface area (Å²) in [6.45, 7) is 3.13. The Kier molecular flexibility index (Phi) is 20.0. The molecule has 0 amide bonds. The van der Waals surface area contributed by atoms with Gasteiger partial charge in [-0.15, -0.1) is 0 Å². The van der Waals surface area contributed by atoms with Gasteiger partial charge in [-0.3, -0.25) is 0 Å². The summed E-state index contributed by atoms with van der Waals surface area (Å²) in [6, 6.07) is 0. The Morgan fingerprint density at radius 3 is 1.75 bits per heavy atom. The first-order chi connectivity index (χ1) is 1.41. The fraction of sp³-hybridized carbons (Fsp3) is 0. The molecule has 0 bridgehead atoms. The van der Waals surface area contributed by atoms with Crippen molar-refractivity contribution in [1.82, 2.24) is 0 Å². The average molecular weight is 86.5 g/mol. The van der Waals surface area contributed by atoms with Crippen LogP contribution in [0.5, 0.6) is 0 Å². The van der Waals surface area contributed by atoms with E-state index >= 15 is 0 Å². The molecule has 0 N–H and O–H groups in total. The van der Waals surface area contributed by atoms with Gasteiger partial charge in [-0.25, -0.2) is 0 Å². The molecule has 0 heterocycles. The summed E-state index contributed by atoms with van der Waals surface area (Å²) in [5.74, 6) is 0. The second kappa shape index (κ2) is 8.98. The van der Waals surface area contributed by atoms with Gasteiger partial charge in [0.25, 0.3) is 0 Å². The van der Waals surface area contributed by atoms with E-state index in [1.807, 2.05) is 0 Å². The van der Waals surface area contributed by atoms with Crippen molar-refractivity contribution in [2.24, 2.45) is 0 Å². The molecule has 0 nitrogen and oxygen atoms in total. The van der Waals surface area contributed by atoms with Gasteiger partial charge in [-0.1, -0.05) is 18.2 Å². The van der Waals surface area contributed by atoms with E-state index in [2.05, 4.69) is 6.58 Å². The van der Waals surface area contributed by atoms with Crippen LogP contribution in [0.2, 0.25) is 0 Å². The topological polar surface area (TPSA) is 0 Å². The van der Waals surface area contributed by atoms with Crippen molar-refractivity contribution in [3.8, 4) is 0 Å². The van der Waals surface area contributed by atoms with Crippen molar-refractivity contribution in [3.63, 3.8) is 0 Å². The second-order valence-electron chi connectivity index (χ2n) is 0.154. The fourth-order valence-corrected chi connectivity index (χ4v) is 0. The standard InChI is InChI=1S/C2H3Cl.Na.H/c1-2-3;;/h2H,1H2;;. The summed E-state index contributed by atoms with van der Waals surface area (Å²) >= 11 is 4.76. The van der Waals surface area contributed by atoms with E-state index in [9.17, 15) is 0 Å². The number of hydrogen-bond donors (Lipinski definition) is 0. The van der Waals surface area contributed by atoms with Crippen molar-refractivity contribution < 1.29 is 0 Å². The molecule has 20 valence electrons. The number of rotatable bonds is 0. The zero-order valence-electron chi connectivity index (χ0n) is 1.66. The third kappa shape index (κ3) is 11.8. The van der Waals surface area contributed by atoms with E-state index in [0.717, 1.165) is 0 Å². The number of hydrogen-bond acceptors (Lipinski definition) is 0.